The Morgan fingerprint density at radius 3 is 2.65 bits per heavy atom. The summed E-state index contributed by atoms with van der Waals surface area (Å²) in [5.41, 5.74) is 3.09. The Morgan fingerprint density at radius 2 is 1.85 bits per heavy atom. The second-order valence-corrected chi connectivity index (χ2v) is 6.36. The molecule has 0 aliphatic heterocycles. The summed E-state index contributed by atoms with van der Waals surface area (Å²) in [5.74, 6) is 0.673. The third-order valence-corrected chi connectivity index (χ3v) is 4.43. The summed E-state index contributed by atoms with van der Waals surface area (Å²) in [5, 5.41) is 4.80. The molecule has 0 aliphatic rings. The summed E-state index contributed by atoms with van der Waals surface area (Å²) in [6.07, 6.45) is 3.26. The predicted octanol–water partition coefficient (Wildman–Crippen LogP) is 4.39. The van der Waals surface area contributed by atoms with Crippen LogP contribution in [0.25, 0.3) is 22.0 Å². The van der Waals surface area contributed by atoms with Gasteiger partial charge >= 0.3 is 0 Å². The fraction of sp³-hybridized carbons (Fsp3) is 0.0500. The van der Waals surface area contributed by atoms with Gasteiger partial charge in [-0.3, -0.25) is 4.79 Å². The molecule has 5 nitrogen and oxygen atoms in total. The maximum atomic E-state index is 12.4. The quantitative estimate of drug-likeness (QED) is 0.587. The zero-order valence-electron chi connectivity index (χ0n) is 14.0. The zero-order chi connectivity index (χ0) is 18.1. The number of rotatable bonds is 3. The van der Waals surface area contributed by atoms with Crippen LogP contribution >= 0.6 is 11.6 Å². The van der Waals surface area contributed by atoms with E-state index in [0.717, 1.165) is 22.2 Å². The van der Waals surface area contributed by atoms with Crippen LogP contribution < -0.4 is 10.9 Å². The first kappa shape index (κ1) is 16.3. The van der Waals surface area contributed by atoms with Crippen LogP contribution in [0.3, 0.4) is 0 Å². The van der Waals surface area contributed by atoms with E-state index in [1.165, 1.54) is 6.33 Å². The number of aryl methyl sites for hydroxylation is 1. The van der Waals surface area contributed by atoms with Gasteiger partial charge in [-0.15, -0.1) is 0 Å². The van der Waals surface area contributed by atoms with Gasteiger partial charge in [0.05, 0.1) is 5.52 Å². The fourth-order valence-corrected chi connectivity index (χ4v) is 2.94. The Morgan fingerprint density at radius 1 is 1.04 bits per heavy atom. The van der Waals surface area contributed by atoms with Crippen molar-refractivity contribution in [3.05, 3.63) is 82.5 Å². The number of benzene rings is 2. The summed E-state index contributed by atoms with van der Waals surface area (Å²) in [6, 6.07) is 16.8. The van der Waals surface area contributed by atoms with Crippen molar-refractivity contribution in [1.29, 1.82) is 0 Å². The molecule has 4 aromatic rings. The number of fused-ring (bicyclic) bond motifs is 1. The van der Waals surface area contributed by atoms with Gasteiger partial charge < -0.3 is 9.88 Å². The average Bonchev–Trinajstić information content (AvgIpc) is 2.66. The molecule has 128 valence electrons. The number of hydrogen-bond acceptors (Lipinski definition) is 4. The van der Waals surface area contributed by atoms with E-state index in [0.29, 0.717) is 16.4 Å². The van der Waals surface area contributed by atoms with Gasteiger partial charge in [-0.2, -0.15) is 0 Å². The minimum atomic E-state index is -0.0455. The van der Waals surface area contributed by atoms with Crippen molar-refractivity contribution in [3.63, 3.8) is 0 Å². The highest BCUT2D eigenvalue weighted by atomic mass is 35.5. The predicted molar refractivity (Wildman–Crippen MR) is 105 cm³/mol. The molecule has 0 amide bonds. The maximum absolute atomic E-state index is 12.4. The van der Waals surface area contributed by atoms with Crippen LogP contribution in [0.2, 0.25) is 5.02 Å². The van der Waals surface area contributed by atoms with Gasteiger partial charge in [-0.05, 0) is 54.1 Å². The normalized spacial score (nSPS) is 10.8. The molecule has 0 aliphatic carbocycles. The Balaban J connectivity index is 1.83. The van der Waals surface area contributed by atoms with Gasteiger partial charge in [0.15, 0.2) is 0 Å². The first-order valence-corrected chi connectivity index (χ1v) is 8.43. The highest BCUT2D eigenvalue weighted by Crippen LogP contribution is 2.27. The Kier molecular flexibility index (Phi) is 4.14. The van der Waals surface area contributed by atoms with Crippen molar-refractivity contribution in [2.45, 2.75) is 0 Å². The largest absolute Gasteiger partial charge is 0.340 e. The number of nitrogens with zero attached hydrogens (tertiary/aromatic N) is 3. The summed E-state index contributed by atoms with van der Waals surface area (Å²) < 4.78 is 1.56. The number of pyridine rings is 1. The smallest absolute Gasteiger partial charge is 0.258 e. The summed E-state index contributed by atoms with van der Waals surface area (Å²) in [4.78, 5) is 21.1. The fourth-order valence-electron chi connectivity index (χ4n) is 2.81. The molecule has 0 spiro atoms. The molecule has 2 heterocycles. The molecule has 0 saturated carbocycles. The van der Waals surface area contributed by atoms with E-state index in [2.05, 4.69) is 15.3 Å². The standard InChI is InChI=1S/C20H15ClN4O/c1-25-10-2-3-16(20(25)26)13-4-9-18-17(11-13)19(23-12-22-18)24-15-7-5-14(21)6-8-15/h2-12H,1H3,(H,22,23,24). The van der Waals surface area contributed by atoms with Gasteiger partial charge in [0.25, 0.3) is 5.56 Å². The number of anilines is 2. The van der Waals surface area contributed by atoms with Crippen molar-refractivity contribution in [2.75, 3.05) is 5.32 Å². The van der Waals surface area contributed by atoms with Crippen molar-refractivity contribution in [2.24, 2.45) is 7.05 Å². The van der Waals surface area contributed by atoms with Crippen LogP contribution in [0.5, 0.6) is 0 Å². The van der Waals surface area contributed by atoms with Crippen molar-refractivity contribution < 1.29 is 0 Å². The molecular formula is C20H15ClN4O. The van der Waals surface area contributed by atoms with Crippen LogP contribution in [-0.4, -0.2) is 14.5 Å². The van der Waals surface area contributed by atoms with E-state index < -0.39 is 0 Å². The molecule has 2 aromatic heterocycles. The highest BCUT2D eigenvalue weighted by molar-refractivity contribution is 6.30. The lowest BCUT2D eigenvalue weighted by Crippen LogP contribution is -2.17. The number of aromatic nitrogens is 3. The van der Waals surface area contributed by atoms with Crippen molar-refractivity contribution in [1.82, 2.24) is 14.5 Å². The SMILES string of the molecule is Cn1cccc(-c2ccc3ncnc(Nc4ccc(Cl)cc4)c3c2)c1=O. The number of hydrogen-bond donors (Lipinski definition) is 1. The van der Waals surface area contributed by atoms with E-state index in [4.69, 9.17) is 11.6 Å². The second-order valence-electron chi connectivity index (χ2n) is 5.92. The van der Waals surface area contributed by atoms with E-state index >= 15 is 0 Å². The van der Waals surface area contributed by atoms with E-state index in [1.54, 1.807) is 17.8 Å². The Labute approximate surface area is 154 Å². The van der Waals surface area contributed by atoms with Gasteiger partial charge in [0.2, 0.25) is 0 Å². The van der Waals surface area contributed by atoms with Crippen LogP contribution in [0.15, 0.2) is 71.9 Å². The van der Waals surface area contributed by atoms with Crippen LogP contribution in [0.4, 0.5) is 11.5 Å². The first-order valence-electron chi connectivity index (χ1n) is 8.05. The topological polar surface area (TPSA) is 59.8 Å². The molecule has 0 unspecified atom stereocenters. The van der Waals surface area contributed by atoms with E-state index in [1.807, 2.05) is 54.6 Å². The summed E-state index contributed by atoms with van der Waals surface area (Å²) >= 11 is 5.94. The molecule has 0 bridgehead atoms. The zero-order valence-corrected chi connectivity index (χ0v) is 14.7. The molecule has 26 heavy (non-hydrogen) atoms. The highest BCUT2D eigenvalue weighted by Gasteiger charge is 2.09. The third-order valence-electron chi connectivity index (χ3n) is 4.18. The van der Waals surface area contributed by atoms with Crippen LogP contribution in [0.1, 0.15) is 0 Å². The first-order chi connectivity index (χ1) is 12.6. The summed E-state index contributed by atoms with van der Waals surface area (Å²) in [7, 11) is 1.74. The van der Waals surface area contributed by atoms with E-state index in [9.17, 15) is 4.79 Å². The lowest BCUT2D eigenvalue weighted by Gasteiger charge is -2.10. The van der Waals surface area contributed by atoms with Crippen LogP contribution in [-0.2, 0) is 7.05 Å². The molecule has 2 aromatic carbocycles. The second kappa shape index (κ2) is 6.61. The molecule has 0 radical (unpaired) electrons. The lowest BCUT2D eigenvalue weighted by molar-refractivity contribution is 0.863. The third kappa shape index (κ3) is 3.05. The monoisotopic (exact) mass is 362 g/mol. The van der Waals surface area contributed by atoms with Gasteiger partial charge in [0.1, 0.15) is 12.1 Å². The van der Waals surface area contributed by atoms with Gasteiger partial charge in [-0.25, -0.2) is 9.97 Å². The van der Waals surface area contributed by atoms with Gasteiger partial charge in [-0.1, -0.05) is 17.7 Å². The Hall–Kier alpha value is -3.18. The average molecular weight is 363 g/mol. The minimum absolute atomic E-state index is 0.0455. The van der Waals surface area contributed by atoms with Crippen molar-refractivity contribution >= 4 is 34.0 Å². The molecular weight excluding hydrogens is 348 g/mol. The Bertz CT molecular complexity index is 1150. The maximum Gasteiger partial charge on any atom is 0.258 e. The number of halogens is 1. The van der Waals surface area contributed by atoms with Crippen LogP contribution in [0, 0.1) is 0 Å². The molecule has 6 heteroatoms. The molecule has 0 saturated heterocycles. The lowest BCUT2D eigenvalue weighted by atomic mass is 10.0. The minimum Gasteiger partial charge on any atom is -0.340 e. The molecule has 0 atom stereocenters. The number of nitrogens with one attached hydrogen (secondary N) is 1. The molecule has 1 N–H and O–H groups in total. The van der Waals surface area contributed by atoms with Crippen molar-refractivity contribution in [3.8, 4) is 11.1 Å². The van der Waals surface area contributed by atoms with E-state index in [-0.39, 0.29) is 5.56 Å². The summed E-state index contributed by atoms with van der Waals surface area (Å²) in [6.45, 7) is 0. The van der Waals surface area contributed by atoms with Gasteiger partial charge in [0, 0.05) is 34.9 Å². The molecule has 4 rings (SSSR count). The molecule has 0 fully saturated rings.